The fraction of sp³-hybridized carbons (Fsp3) is 0.167. The van der Waals surface area contributed by atoms with Gasteiger partial charge in [0.15, 0.2) is 0 Å². The van der Waals surface area contributed by atoms with E-state index >= 15 is 0 Å². The van der Waals surface area contributed by atoms with E-state index in [0.717, 1.165) is 27.7 Å². The Kier molecular flexibility index (Phi) is 3.83. The molecule has 0 aliphatic heterocycles. The van der Waals surface area contributed by atoms with Gasteiger partial charge in [-0.25, -0.2) is 0 Å². The van der Waals surface area contributed by atoms with Gasteiger partial charge in [-0.05, 0) is 30.2 Å². The Morgan fingerprint density at radius 1 is 1.14 bits per heavy atom. The summed E-state index contributed by atoms with van der Waals surface area (Å²) in [7, 11) is 1.61. The number of fused-ring (bicyclic) bond motifs is 1. The van der Waals surface area contributed by atoms with Crippen LogP contribution in [0.1, 0.15) is 11.1 Å². The van der Waals surface area contributed by atoms with Gasteiger partial charge in [0.2, 0.25) is 5.91 Å². The van der Waals surface area contributed by atoms with Gasteiger partial charge in [-0.15, -0.1) is 0 Å². The Hall–Kier alpha value is -2.75. The quantitative estimate of drug-likeness (QED) is 0.803. The highest BCUT2D eigenvalue weighted by atomic mass is 16.6. The minimum absolute atomic E-state index is 0.0340. The van der Waals surface area contributed by atoms with E-state index in [4.69, 9.17) is 4.84 Å². The highest BCUT2D eigenvalue weighted by Crippen LogP contribution is 2.21. The molecule has 2 aromatic carbocycles. The Morgan fingerprint density at radius 3 is 2.64 bits per heavy atom. The zero-order valence-corrected chi connectivity index (χ0v) is 12.7. The number of rotatable bonds is 4. The van der Waals surface area contributed by atoms with Crippen LogP contribution in [0.3, 0.4) is 0 Å². The Labute approximate surface area is 129 Å². The molecule has 0 fully saturated rings. The number of nitrogens with zero attached hydrogens (tertiary/aromatic N) is 1. The first kappa shape index (κ1) is 14.2. The van der Waals surface area contributed by atoms with E-state index in [1.165, 1.54) is 0 Å². The summed E-state index contributed by atoms with van der Waals surface area (Å²) in [5.74, 6) is -0.0340. The third-order valence-corrected chi connectivity index (χ3v) is 3.73. The summed E-state index contributed by atoms with van der Waals surface area (Å²) in [5.41, 5.74) is 3.81. The van der Waals surface area contributed by atoms with E-state index in [2.05, 4.69) is 5.32 Å². The molecule has 3 aromatic rings. The van der Waals surface area contributed by atoms with Crippen molar-refractivity contribution in [3.05, 3.63) is 65.9 Å². The normalized spacial score (nSPS) is 10.6. The molecule has 1 N–H and O–H groups in total. The molecule has 0 unspecified atom stereocenters. The number of amides is 1. The number of nitrogens with one attached hydrogen (secondary N) is 1. The van der Waals surface area contributed by atoms with Gasteiger partial charge in [0, 0.05) is 17.3 Å². The lowest BCUT2D eigenvalue weighted by Crippen LogP contribution is -2.15. The second kappa shape index (κ2) is 5.93. The minimum Gasteiger partial charge on any atom is -0.417 e. The lowest BCUT2D eigenvalue weighted by molar-refractivity contribution is -0.115. The molecule has 0 bridgehead atoms. The summed E-state index contributed by atoms with van der Waals surface area (Å²) in [6.07, 6.45) is 2.17. The van der Waals surface area contributed by atoms with Crippen molar-refractivity contribution in [1.29, 1.82) is 0 Å². The number of para-hydroxylation sites is 2. The van der Waals surface area contributed by atoms with Gasteiger partial charge in [-0.3, -0.25) is 4.79 Å². The van der Waals surface area contributed by atoms with Crippen LogP contribution >= 0.6 is 0 Å². The maximum atomic E-state index is 12.3. The largest absolute Gasteiger partial charge is 0.417 e. The van der Waals surface area contributed by atoms with E-state index in [1.807, 2.05) is 61.7 Å². The highest BCUT2D eigenvalue weighted by Gasteiger charge is 2.12. The predicted molar refractivity (Wildman–Crippen MR) is 88.0 cm³/mol. The van der Waals surface area contributed by atoms with Gasteiger partial charge in [0.05, 0.1) is 11.9 Å². The highest BCUT2D eigenvalue weighted by molar-refractivity contribution is 5.96. The van der Waals surface area contributed by atoms with Gasteiger partial charge in [-0.1, -0.05) is 36.4 Å². The van der Waals surface area contributed by atoms with Crippen molar-refractivity contribution in [2.24, 2.45) is 0 Å². The maximum Gasteiger partial charge on any atom is 0.228 e. The fourth-order valence-electron chi connectivity index (χ4n) is 2.59. The van der Waals surface area contributed by atoms with Crippen molar-refractivity contribution in [1.82, 2.24) is 4.73 Å². The number of benzene rings is 2. The van der Waals surface area contributed by atoms with Crippen molar-refractivity contribution in [2.75, 3.05) is 12.4 Å². The van der Waals surface area contributed by atoms with Crippen LogP contribution in [0.25, 0.3) is 10.9 Å². The third-order valence-electron chi connectivity index (χ3n) is 3.73. The molecule has 3 rings (SSSR count). The smallest absolute Gasteiger partial charge is 0.228 e. The van der Waals surface area contributed by atoms with Crippen molar-refractivity contribution in [3.63, 3.8) is 0 Å². The minimum atomic E-state index is -0.0340. The number of carbonyl (C=O) groups is 1. The SMILES string of the molecule is COn1cc(CC(=O)Nc2ccccc2C)c2ccccc21. The second-order valence-electron chi connectivity index (χ2n) is 5.22. The molecule has 0 saturated heterocycles. The molecule has 1 amide bonds. The predicted octanol–water partition coefficient (Wildman–Crippen LogP) is 3.19. The summed E-state index contributed by atoms with van der Waals surface area (Å²) in [6, 6.07) is 15.7. The molecule has 0 atom stereocenters. The lowest BCUT2D eigenvalue weighted by Gasteiger charge is -2.07. The van der Waals surface area contributed by atoms with Gasteiger partial charge in [-0.2, -0.15) is 4.73 Å². The molecule has 0 saturated carbocycles. The third kappa shape index (κ3) is 2.68. The number of anilines is 1. The first-order valence-electron chi connectivity index (χ1n) is 7.18. The van der Waals surface area contributed by atoms with Crippen LogP contribution in [0.5, 0.6) is 0 Å². The molecule has 0 radical (unpaired) electrons. The van der Waals surface area contributed by atoms with Crippen LogP contribution in [-0.2, 0) is 11.2 Å². The average molecular weight is 294 g/mol. The van der Waals surface area contributed by atoms with Gasteiger partial charge in [0.1, 0.15) is 7.11 Å². The van der Waals surface area contributed by atoms with E-state index in [-0.39, 0.29) is 5.91 Å². The summed E-state index contributed by atoms with van der Waals surface area (Å²) < 4.78 is 1.69. The molecule has 22 heavy (non-hydrogen) atoms. The van der Waals surface area contributed by atoms with Gasteiger partial charge >= 0.3 is 0 Å². The molecule has 1 heterocycles. The monoisotopic (exact) mass is 294 g/mol. The summed E-state index contributed by atoms with van der Waals surface area (Å²) in [5, 5.41) is 3.99. The van der Waals surface area contributed by atoms with Crippen LogP contribution in [0, 0.1) is 6.92 Å². The molecular weight excluding hydrogens is 276 g/mol. The fourth-order valence-corrected chi connectivity index (χ4v) is 2.59. The van der Waals surface area contributed by atoms with Gasteiger partial charge in [0.25, 0.3) is 0 Å². The summed E-state index contributed by atoms with van der Waals surface area (Å²) in [4.78, 5) is 17.6. The van der Waals surface area contributed by atoms with Gasteiger partial charge < -0.3 is 10.2 Å². The molecule has 4 nitrogen and oxygen atoms in total. The number of aromatic nitrogens is 1. The number of carbonyl (C=O) groups excluding carboxylic acids is 1. The molecular formula is C18H18N2O2. The van der Waals surface area contributed by atoms with Crippen LogP contribution in [0.15, 0.2) is 54.7 Å². The topological polar surface area (TPSA) is 43.3 Å². The zero-order valence-electron chi connectivity index (χ0n) is 12.7. The Bertz CT molecular complexity index is 821. The summed E-state index contributed by atoms with van der Waals surface area (Å²) in [6.45, 7) is 1.98. The van der Waals surface area contributed by atoms with Crippen molar-refractivity contribution >= 4 is 22.5 Å². The number of hydrogen-bond acceptors (Lipinski definition) is 2. The van der Waals surface area contributed by atoms with Crippen molar-refractivity contribution < 1.29 is 9.63 Å². The van der Waals surface area contributed by atoms with Crippen molar-refractivity contribution in [3.8, 4) is 0 Å². The molecule has 0 aliphatic rings. The first-order chi connectivity index (χ1) is 10.7. The average Bonchev–Trinajstić information content (AvgIpc) is 2.88. The Balaban J connectivity index is 1.84. The molecule has 0 spiro atoms. The van der Waals surface area contributed by atoms with E-state index in [0.29, 0.717) is 6.42 Å². The van der Waals surface area contributed by atoms with Crippen LogP contribution in [0.4, 0.5) is 5.69 Å². The first-order valence-corrected chi connectivity index (χ1v) is 7.18. The standard InChI is InChI=1S/C18H18N2O2/c1-13-7-3-5-9-16(13)19-18(21)11-14-12-20(22-2)17-10-6-4-8-15(14)17/h3-10,12H,11H2,1-2H3,(H,19,21). The number of hydrogen-bond donors (Lipinski definition) is 1. The molecule has 112 valence electrons. The maximum absolute atomic E-state index is 12.3. The number of aryl methyl sites for hydroxylation is 1. The summed E-state index contributed by atoms with van der Waals surface area (Å²) >= 11 is 0. The van der Waals surface area contributed by atoms with E-state index in [9.17, 15) is 4.79 Å². The lowest BCUT2D eigenvalue weighted by atomic mass is 10.1. The molecule has 1 aromatic heterocycles. The van der Waals surface area contributed by atoms with E-state index < -0.39 is 0 Å². The van der Waals surface area contributed by atoms with Crippen LogP contribution in [-0.4, -0.2) is 17.7 Å². The van der Waals surface area contributed by atoms with E-state index in [1.54, 1.807) is 11.8 Å². The Morgan fingerprint density at radius 2 is 1.86 bits per heavy atom. The van der Waals surface area contributed by atoms with Crippen LogP contribution in [0.2, 0.25) is 0 Å². The molecule has 4 heteroatoms. The molecule has 0 aliphatic carbocycles. The zero-order chi connectivity index (χ0) is 15.5. The van der Waals surface area contributed by atoms with Crippen molar-refractivity contribution in [2.45, 2.75) is 13.3 Å². The second-order valence-corrected chi connectivity index (χ2v) is 5.22. The van der Waals surface area contributed by atoms with Crippen LogP contribution < -0.4 is 10.2 Å².